The first kappa shape index (κ1) is 27.9. The van der Waals surface area contributed by atoms with Gasteiger partial charge in [0, 0.05) is 47.5 Å². The summed E-state index contributed by atoms with van der Waals surface area (Å²) in [6.07, 6.45) is 5.94. The molecule has 0 saturated carbocycles. The van der Waals surface area contributed by atoms with Gasteiger partial charge in [-0.2, -0.15) is 0 Å². The van der Waals surface area contributed by atoms with Crippen LogP contribution < -0.4 is 0 Å². The Morgan fingerprint density at radius 3 is 1.85 bits per heavy atom. The van der Waals surface area contributed by atoms with Gasteiger partial charge in [0.2, 0.25) is 0 Å². The summed E-state index contributed by atoms with van der Waals surface area (Å²) in [6.45, 7) is 3.80. The van der Waals surface area contributed by atoms with Gasteiger partial charge in [0.05, 0.1) is 39.6 Å². The van der Waals surface area contributed by atoms with Crippen molar-refractivity contribution in [2.24, 2.45) is 0 Å². The first-order valence-corrected chi connectivity index (χ1v) is 13.9. The molecular weight excluding hydrogens is 512 g/mol. The second kappa shape index (κ2) is 14.1. The van der Waals surface area contributed by atoms with Gasteiger partial charge in [0.25, 0.3) is 0 Å². The molecular formula is C31H36N2O7. The number of carbonyl (C=O) groups is 2. The number of para-hydroxylation sites is 2. The molecule has 9 nitrogen and oxygen atoms in total. The summed E-state index contributed by atoms with van der Waals surface area (Å²) in [5.74, 6) is -2.51. The molecule has 40 heavy (non-hydrogen) atoms. The maximum absolute atomic E-state index is 13.2. The number of aromatic nitrogens is 2. The molecule has 3 heterocycles. The predicted molar refractivity (Wildman–Crippen MR) is 150 cm³/mol. The van der Waals surface area contributed by atoms with E-state index in [1.165, 1.54) is 10.9 Å². The Balaban J connectivity index is 1.30. The van der Waals surface area contributed by atoms with Crippen LogP contribution in [0.25, 0.3) is 21.8 Å². The molecule has 0 N–H and O–H groups in total. The Morgan fingerprint density at radius 1 is 0.625 bits per heavy atom. The van der Waals surface area contributed by atoms with Gasteiger partial charge in [-0.1, -0.05) is 36.4 Å². The first-order chi connectivity index (χ1) is 19.7. The molecule has 9 heteroatoms. The molecule has 5 rings (SSSR count). The smallest absolute Gasteiger partial charge is 0.325 e. The van der Waals surface area contributed by atoms with Crippen molar-refractivity contribution in [1.82, 2.24) is 9.13 Å². The third-order valence-electron chi connectivity index (χ3n) is 7.02. The fraction of sp³-hybridized carbons (Fsp3) is 0.419. The van der Waals surface area contributed by atoms with Gasteiger partial charge in [-0.05, 0) is 36.4 Å². The number of cyclic esters (lactones) is 2. The zero-order chi connectivity index (χ0) is 27.6. The molecule has 2 aromatic carbocycles. The fourth-order valence-electron chi connectivity index (χ4n) is 5.05. The third-order valence-corrected chi connectivity index (χ3v) is 7.02. The van der Waals surface area contributed by atoms with Crippen molar-refractivity contribution in [3.63, 3.8) is 0 Å². The van der Waals surface area contributed by atoms with Crippen molar-refractivity contribution in [1.29, 1.82) is 0 Å². The standard InChI is InChI=1S/C31H36N2O7/c34-30-29(31(35)40-22-20-38-18-16-36-15-17-37-19-21-39-30)26-23-33(28-10-4-2-8-25(26)28)13-6-5-12-32-14-11-24-7-1-3-9-27(24)32/h1-4,7-11,14,23,29H,5-6,12-13,15-22H2. The van der Waals surface area contributed by atoms with Gasteiger partial charge in [-0.15, -0.1) is 0 Å². The summed E-state index contributed by atoms with van der Waals surface area (Å²) in [5, 5.41) is 2.07. The number of aryl methyl sites for hydroxylation is 2. The summed E-state index contributed by atoms with van der Waals surface area (Å²) in [7, 11) is 0. The predicted octanol–water partition coefficient (Wildman–Crippen LogP) is 4.31. The Bertz CT molecular complexity index is 1380. The molecule has 0 amide bonds. The van der Waals surface area contributed by atoms with Gasteiger partial charge in [-0.3, -0.25) is 9.59 Å². The maximum atomic E-state index is 13.2. The molecule has 0 aliphatic carbocycles. The maximum Gasteiger partial charge on any atom is 0.325 e. The SMILES string of the molecule is O=C1OCCOCCOCCOCCOC(=O)C1c1cn(CCCCn2ccc3ccccc32)c2ccccc12. The number of nitrogens with zero attached hydrogens (tertiary/aromatic N) is 2. The summed E-state index contributed by atoms with van der Waals surface area (Å²) in [4.78, 5) is 26.4. The molecule has 1 aliphatic heterocycles. The van der Waals surface area contributed by atoms with Crippen molar-refractivity contribution in [2.45, 2.75) is 31.8 Å². The fourth-order valence-corrected chi connectivity index (χ4v) is 5.05. The van der Waals surface area contributed by atoms with E-state index in [1.807, 2.05) is 30.5 Å². The number of fused-ring (bicyclic) bond motifs is 2. The lowest BCUT2D eigenvalue weighted by atomic mass is 9.98. The molecule has 0 bridgehead atoms. The molecule has 0 atom stereocenters. The minimum absolute atomic E-state index is 0.0401. The lowest BCUT2D eigenvalue weighted by Crippen LogP contribution is -2.28. The average Bonchev–Trinajstić information content (AvgIpc) is 3.55. The van der Waals surface area contributed by atoms with Gasteiger partial charge in [0.1, 0.15) is 13.2 Å². The molecule has 1 fully saturated rings. The number of hydrogen-bond donors (Lipinski definition) is 0. The lowest BCUT2D eigenvalue weighted by molar-refractivity contribution is -0.159. The minimum Gasteiger partial charge on any atom is -0.462 e. The van der Waals surface area contributed by atoms with Crippen molar-refractivity contribution in [3.05, 3.63) is 72.6 Å². The Labute approximate surface area is 233 Å². The summed E-state index contributed by atoms with van der Waals surface area (Å²) in [5.41, 5.74) is 2.78. The highest BCUT2D eigenvalue weighted by Gasteiger charge is 2.34. The number of ether oxygens (including phenoxy) is 5. The number of unbranched alkanes of at least 4 members (excludes halogenated alkanes) is 1. The van der Waals surface area contributed by atoms with Crippen LogP contribution in [0.5, 0.6) is 0 Å². The van der Waals surface area contributed by atoms with E-state index in [4.69, 9.17) is 23.7 Å². The second-order valence-electron chi connectivity index (χ2n) is 9.68. The minimum atomic E-state index is -1.20. The highest BCUT2D eigenvalue weighted by Crippen LogP contribution is 2.30. The zero-order valence-electron chi connectivity index (χ0n) is 22.7. The Kier molecular flexibility index (Phi) is 9.84. The van der Waals surface area contributed by atoms with Crippen LogP contribution in [0.3, 0.4) is 0 Å². The van der Waals surface area contributed by atoms with Crippen LogP contribution >= 0.6 is 0 Å². The molecule has 212 valence electrons. The number of carbonyl (C=O) groups excluding carboxylic acids is 2. The zero-order valence-corrected chi connectivity index (χ0v) is 22.7. The van der Waals surface area contributed by atoms with Crippen molar-refractivity contribution in [2.75, 3.05) is 52.9 Å². The summed E-state index contributed by atoms with van der Waals surface area (Å²) in [6, 6.07) is 18.3. The highest BCUT2D eigenvalue weighted by molar-refractivity contribution is 6.04. The van der Waals surface area contributed by atoms with E-state index in [-0.39, 0.29) is 26.4 Å². The van der Waals surface area contributed by atoms with Gasteiger partial charge in [-0.25, -0.2) is 0 Å². The molecule has 0 spiro atoms. The highest BCUT2D eigenvalue weighted by atomic mass is 16.6. The average molecular weight is 549 g/mol. The number of esters is 2. The second-order valence-corrected chi connectivity index (χ2v) is 9.68. The van der Waals surface area contributed by atoms with Gasteiger partial charge >= 0.3 is 11.9 Å². The van der Waals surface area contributed by atoms with Crippen LogP contribution in [0.4, 0.5) is 0 Å². The van der Waals surface area contributed by atoms with Crippen LogP contribution in [0.2, 0.25) is 0 Å². The van der Waals surface area contributed by atoms with E-state index in [0.717, 1.165) is 36.8 Å². The van der Waals surface area contributed by atoms with Crippen LogP contribution in [0.1, 0.15) is 24.3 Å². The quantitative estimate of drug-likeness (QED) is 0.202. The van der Waals surface area contributed by atoms with E-state index >= 15 is 0 Å². The van der Waals surface area contributed by atoms with E-state index in [2.05, 4.69) is 45.7 Å². The third kappa shape index (κ3) is 6.91. The van der Waals surface area contributed by atoms with Crippen molar-refractivity contribution >= 4 is 33.7 Å². The molecule has 1 saturated heterocycles. The number of hydrogen-bond acceptors (Lipinski definition) is 7. The topological polar surface area (TPSA) is 90.2 Å². The van der Waals surface area contributed by atoms with Crippen LogP contribution in [0.15, 0.2) is 67.0 Å². The number of rotatable bonds is 6. The Morgan fingerprint density at radius 2 is 1.18 bits per heavy atom. The van der Waals surface area contributed by atoms with Crippen LogP contribution in [0, 0.1) is 0 Å². The van der Waals surface area contributed by atoms with E-state index in [0.29, 0.717) is 32.0 Å². The van der Waals surface area contributed by atoms with Gasteiger partial charge in [0.15, 0.2) is 5.92 Å². The van der Waals surface area contributed by atoms with E-state index in [1.54, 1.807) is 0 Å². The summed E-state index contributed by atoms with van der Waals surface area (Å²) < 4.78 is 31.6. The van der Waals surface area contributed by atoms with Crippen LogP contribution in [-0.2, 0) is 46.4 Å². The largest absolute Gasteiger partial charge is 0.462 e. The van der Waals surface area contributed by atoms with Crippen molar-refractivity contribution in [3.8, 4) is 0 Å². The van der Waals surface area contributed by atoms with Gasteiger partial charge < -0.3 is 32.8 Å². The van der Waals surface area contributed by atoms with E-state index in [9.17, 15) is 9.59 Å². The normalized spacial score (nSPS) is 17.2. The molecule has 0 unspecified atom stereocenters. The monoisotopic (exact) mass is 548 g/mol. The van der Waals surface area contributed by atoms with E-state index < -0.39 is 17.9 Å². The first-order valence-electron chi connectivity index (χ1n) is 13.9. The van der Waals surface area contributed by atoms with Crippen molar-refractivity contribution < 1.29 is 33.3 Å². The molecule has 2 aromatic heterocycles. The Hall–Kier alpha value is -3.66. The lowest BCUT2D eigenvalue weighted by Gasteiger charge is -2.16. The molecule has 4 aromatic rings. The summed E-state index contributed by atoms with van der Waals surface area (Å²) >= 11 is 0. The number of benzene rings is 2. The molecule has 1 aliphatic rings. The molecule has 0 radical (unpaired) electrons. The van der Waals surface area contributed by atoms with Crippen LogP contribution in [-0.4, -0.2) is 73.9 Å².